The number of carbonyl (C=O) groups excluding carboxylic acids is 1. The van der Waals surface area contributed by atoms with Crippen LogP contribution < -0.4 is 5.73 Å². The fraction of sp³-hybridized carbons (Fsp3) is 0.250. The third kappa shape index (κ3) is 1.81. The molecule has 2 nitrogen and oxygen atoms in total. The Kier molecular flexibility index (Phi) is 2.91. The maximum absolute atomic E-state index is 11.9. The molecule has 0 bridgehead atoms. The smallest absolute Gasteiger partial charge is 0.179 e. The van der Waals surface area contributed by atoms with Gasteiger partial charge in [-0.2, -0.15) is 0 Å². The topological polar surface area (TPSA) is 43.1 Å². The molecule has 2 N–H and O–H groups in total. The number of nitrogens with two attached hydrogens (primary N) is 1. The van der Waals surface area contributed by atoms with Crippen LogP contribution in [0.1, 0.15) is 18.4 Å². The predicted octanol–water partition coefficient (Wildman–Crippen LogP) is 1.91. The molecule has 0 aliphatic heterocycles. The van der Waals surface area contributed by atoms with Gasteiger partial charge in [0.25, 0.3) is 0 Å². The first-order valence-electron chi connectivity index (χ1n) is 5.08. The van der Waals surface area contributed by atoms with E-state index in [1.54, 1.807) is 12.1 Å². The van der Waals surface area contributed by atoms with Gasteiger partial charge in [-0.1, -0.05) is 29.8 Å². The lowest BCUT2D eigenvalue weighted by Crippen LogP contribution is -2.46. The molecule has 0 saturated heterocycles. The third-order valence-electron chi connectivity index (χ3n) is 2.92. The van der Waals surface area contributed by atoms with Crippen molar-refractivity contribution >= 4 is 25.2 Å². The molecular formula is C12H11BClNO. The van der Waals surface area contributed by atoms with Crippen molar-refractivity contribution in [3.63, 3.8) is 0 Å². The van der Waals surface area contributed by atoms with E-state index in [-0.39, 0.29) is 5.78 Å². The van der Waals surface area contributed by atoms with Crippen LogP contribution in [0.3, 0.4) is 0 Å². The summed E-state index contributed by atoms with van der Waals surface area (Å²) in [6.07, 6.45) is 2.53. The molecule has 0 aromatic heterocycles. The first-order valence-corrected chi connectivity index (χ1v) is 5.46. The molecular weight excluding hydrogens is 220 g/mol. The van der Waals surface area contributed by atoms with Crippen LogP contribution in [0.4, 0.5) is 0 Å². The molecule has 0 heterocycles. The number of benzene rings is 1. The molecule has 0 saturated carbocycles. The molecule has 1 aromatic carbocycles. The zero-order valence-corrected chi connectivity index (χ0v) is 9.50. The van der Waals surface area contributed by atoms with Crippen molar-refractivity contribution < 1.29 is 4.79 Å². The van der Waals surface area contributed by atoms with E-state index in [0.29, 0.717) is 28.9 Å². The fourth-order valence-electron chi connectivity index (χ4n) is 1.92. The van der Waals surface area contributed by atoms with Gasteiger partial charge in [0, 0.05) is 5.02 Å². The molecule has 0 amide bonds. The van der Waals surface area contributed by atoms with Gasteiger partial charge in [-0.15, -0.1) is 5.47 Å². The highest BCUT2D eigenvalue weighted by Crippen LogP contribution is 2.34. The van der Waals surface area contributed by atoms with Crippen LogP contribution in [-0.4, -0.2) is 13.6 Å². The van der Waals surface area contributed by atoms with Gasteiger partial charge in [-0.25, -0.2) is 0 Å². The van der Waals surface area contributed by atoms with Gasteiger partial charge in [0.1, 0.15) is 13.4 Å². The molecule has 4 heteroatoms. The number of hydrogen-bond donors (Lipinski definition) is 1. The van der Waals surface area contributed by atoms with E-state index in [0.717, 1.165) is 0 Å². The lowest BCUT2D eigenvalue weighted by atomic mass is 9.73. The van der Waals surface area contributed by atoms with E-state index < -0.39 is 5.54 Å². The number of allylic oxidation sites excluding steroid dienone is 1. The molecule has 1 atom stereocenters. The summed E-state index contributed by atoms with van der Waals surface area (Å²) in [6.45, 7) is 0. The highest BCUT2D eigenvalue weighted by atomic mass is 35.5. The summed E-state index contributed by atoms with van der Waals surface area (Å²) in [5.74, 6) is -0.177. The Balaban J connectivity index is 2.48. The van der Waals surface area contributed by atoms with Gasteiger partial charge >= 0.3 is 0 Å². The summed E-state index contributed by atoms with van der Waals surface area (Å²) >= 11 is 6.06. The summed E-state index contributed by atoms with van der Waals surface area (Å²) in [4.78, 5) is 11.9. The number of rotatable bonds is 1. The number of hydrogen-bond acceptors (Lipinski definition) is 2. The molecule has 1 aliphatic carbocycles. The minimum atomic E-state index is -1.03. The van der Waals surface area contributed by atoms with E-state index in [1.807, 2.05) is 12.1 Å². The highest BCUT2D eigenvalue weighted by molar-refractivity contribution is 6.32. The average molecular weight is 231 g/mol. The van der Waals surface area contributed by atoms with Gasteiger partial charge in [0.15, 0.2) is 5.78 Å². The molecule has 80 valence electrons. The van der Waals surface area contributed by atoms with Crippen LogP contribution in [0.5, 0.6) is 0 Å². The van der Waals surface area contributed by atoms with Gasteiger partial charge in [-0.3, -0.25) is 4.79 Å². The summed E-state index contributed by atoms with van der Waals surface area (Å²) in [5.41, 5.74) is 6.38. The van der Waals surface area contributed by atoms with Gasteiger partial charge in [0.05, 0.1) is 0 Å². The van der Waals surface area contributed by atoms with Crippen molar-refractivity contribution in [2.24, 2.45) is 5.73 Å². The van der Waals surface area contributed by atoms with Crippen LogP contribution in [0, 0.1) is 0 Å². The van der Waals surface area contributed by atoms with Crippen molar-refractivity contribution in [2.45, 2.75) is 18.4 Å². The summed E-state index contributed by atoms with van der Waals surface area (Å²) < 4.78 is 0. The van der Waals surface area contributed by atoms with Crippen molar-refractivity contribution in [2.75, 3.05) is 0 Å². The molecule has 2 radical (unpaired) electrons. The number of ketones is 1. The number of halogens is 1. The van der Waals surface area contributed by atoms with Gasteiger partial charge in [0.2, 0.25) is 0 Å². The fourth-order valence-corrected chi connectivity index (χ4v) is 2.23. The second-order valence-corrected chi connectivity index (χ2v) is 4.44. The molecule has 1 aliphatic rings. The molecule has 1 aromatic rings. The molecule has 0 fully saturated rings. The minimum Gasteiger partial charge on any atom is -0.315 e. The SMILES string of the molecule is [B]C1=CC(=O)C(N)(c2ccccc2Cl)CC1. The zero-order valence-electron chi connectivity index (χ0n) is 8.74. The van der Waals surface area contributed by atoms with Crippen molar-refractivity contribution in [3.8, 4) is 0 Å². The lowest BCUT2D eigenvalue weighted by Gasteiger charge is -2.31. The maximum Gasteiger partial charge on any atom is 0.179 e. The van der Waals surface area contributed by atoms with E-state index in [9.17, 15) is 4.79 Å². The monoisotopic (exact) mass is 231 g/mol. The minimum absolute atomic E-state index is 0.177. The Morgan fingerprint density at radius 1 is 1.38 bits per heavy atom. The molecule has 2 rings (SSSR count). The Morgan fingerprint density at radius 3 is 2.69 bits per heavy atom. The Labute approximate surface area is 101 Å². The largest absolute Gasteiger partial charge is 0.315 e. The van der Waals surface area contributed by atoms with E-state index in [4.69, 9.17) is 25.2 Å². The third-order valence-corrected chi connectivity index (χ3v) is 3.25. The lowest BCUT2D eigenvalue weighted by molar-refractivity contribution is -0.120. The highest BCUT2D eigenvalue weighted by Gasteiger charge is 2.37. The van der Waals surface area contributed by atoms with Gasteiger partial charge < -0.3 is 5.73 Å². The second-order valence-electron chi connectivity index (χ2n) is 4.03. The Hall–Kier alpha value is -1.06. The summed E-state index contributed by atoms with van der Waals surface area (Å²) in [5, 5.41) is 0.521. The second kappa shape index (κ2) is 4.08. The standard InChI is InChI=1S/C12H11BClNO/c13-8-5-6-12(15,11(16)7-8)9-3-1-2-4-10(9)14/h1-4,7H,5-6,15H2. The first-order chi connectivity index (χ1) is 7.54. The van der Waals surface area contributed by atoms with Crippen molar-refractivity contribution in [1.29, 1.82) is 0 Å². The van der Waals surface area contributed by atoms with Crippen molar-refractivity contribution in [1.82, 2.24) is 0 Å². The van der Waals surface area contributed by atoms with Crippen LogP contribution in [0.2, 0.25) is 5.02 Å². The molecule has 16 heavy (non-hydrogen) atoms. The van der Waals surface area contributed by atoms with Crippen LogP contribution in [0.25, 0.3) is 0 Å². The Bertz CT molecular complexity index is 472. The quantitative estimate of drug-likeness (QED) is 0.750. The average Bonchev–Trinajstić information content (AvgIpc) is 2.25. The number of carbonyl (C=O) groups is 1. The van der Waals surface area contributed by atoms with E-state index >= 15 is 0 Å². The normalized spacial score (nSPS) is 25.4. The maximum atomic E-state index is 11.9. The molecule has 0 spiro atoms. The zero-order chi connectivity index (χ0) is 11.8. The first kappa shape index (κ1) is 11.4. The van der Waals surface area contributed by atoms with E-state index in [2.05, 4.69) is 0 Å². The van der Waals surface area contributed by atoms with Crippen molar-refractivity contribution in [3.05, 3.63) is 46.4 Å². The molecule has 1 unspecified atom stereocenters. The predicted molar refractivity (Wildman–Crippen MR) is 65.4 cm³/mol. The van der Waals surface area contributed by atoms with Crippen LogP contribution >= 0.6 is 11.6 Å². The van der Waals surface area contributed by atoms with E-state index in [1.165, 1.54) is 6.08 Å². The summed E-state index contributed by atoms with van der Waals surface area (Å²) in [6, 6.07) is 7.16. The summed E-state index contributed by atoms with van der Waals surface area (Å²) in [7, 11) is 5.61. The van der Waals surface area contributed by atoms with Crippen LogP contribution in [-0.2, 0) is 10.3 Å². The van der Waals surface area contributed by atoms with Crippen LogP contribution in [0.15, 0.2) is 35.8 Å². The van der Waals surface area contributed by atoms with Gasteiger partial charge in [-0.05, 0) is 30.5 Å². The Morgan fingerprint density at radius 2 is 2.06 bits per heavy atom.